The van der Waals surface area contributed by atoms with E-state index in [2.05, 4.69) is 10.3 Å². The maximum Gasteiger partial charge on any atom is 0.337 e. The molecule has 0 saturated heterocycles. The van der Waals surface area contributed by atoms with Crippen LogP contribution in [-0.4, -0.2) is 22.0 Å². The summed E-state index contributed by atoms with van der Waals surface area (Å²) >= 11 is 0. The number of carbonyl (C=O) groups is 2. The molecule has 1 amide bonds. The third kappa shape index (κ3) is 2.81. The van der Waals surface area contributed by atoms with Gasteiger partial charge in [-0.15, -0.1) is 0 Å². The van der Waals surface area contributed by atoms with Crippen LogP contribution in [0.2, 0.25) is 0 Å². The Balaban J connectivity index is 2.05. The van der Waals surface area contributed by atoms with E-state index in [0.717, 1.165) is 25.7 Å². The quantitative estimate of drug-likeness (QED) is 0.837. The average Bonchev–Trinajstić information content (AvgIpc) is 2.82. The van der Waals surface area contributed by atoms with Crippen LogP contribution in [0.3, 0.4) is 0 Å². The Morgan fingerprint density at radius 1 is 1.29 bits per heavy atom. The zero-order valence-corrected chi connectivity index (χ0v) is 9.35. The minimum absolute atomic E-state index is 0.0353. The van der Waals surface area contributed by atoms with Gasteiger partial charge in [0.1, 0.15) is 0 Å². The molecule has 0 spiro atoms. The summed E-state index contributed by atoms with van der Waals surface area (Å²) in [5.41, 5.74) is 0.524. The van der Waals surface area contributed by atoms with Crippen molar-refractivity contribution in [1.82, 2.24) is 4.98 Å². The third-order valence-corrected chi connectivity index (χ3v) is 2.98. The highest BCUT2D eigenvalue weighted by molar-refractivity contribution is 5.94. The number of carbonyl (C=O) groups excluding carboxylic acids is 1. The number of amides is 1. The second-order valence-electron chi connectivity index (χ2n) is 4.24. The fourth-order valence-corrected chi connectivity index (χ4v) is 2.06. The first kappa shape index (κ1) is 11.6. The molecule has 5 heteroatoms. The number of nitrogens with one attached hydrogen (secondary N) is 1. The van der Waals surface area contributed by atoms with Gasteiger partial charge in [-0.1, -0.05) is 12.8 Å². The van der Waals surface area contributed by atoms with Gasteiger partial charge in [0.05, 0.1) is 17.4 Å². The van der Waals surface area contributed by atoms with Gasteiger partial charge in [-0.05, 0) is 18.9 Å². The molecule has 0 bridgehead atoms. The molecular formula is C12H14N2O3. The van der Waals surface area contributed by atoms with E-state index in [9.17, 15) is 9.59 Å². The monoisotopic (exact) mass is 234 g/mol. The summed E-state index contributed by atoms with van der Waals surface area (Å²) in [5.74, 6) is -1.02. The van der Waals surface area contributed by atoms with E-state index in [4.69, 9.17) is 5.11 Å². The summed E-state index contributed by atoms with van der Waals surface area (Å²) in [6.45, 7) is 0. The number of nitrogens with zero attached hydrogens (tertiary/aromatic N) is 1. The minimum atomic E-state index is -1.05. The Morgan fingerprint density at radius 3 is 2.65 bits per heavy atom. The summed E-state index contributed by atoms with van der Waals surface area (Å²) in [6, 6.07) is 1.42. The summed E-state index contributed by atoms with van der Waals surface area (Å²) in [7, 11) is 0. The molecule has 1 aliphatic carbocycles. The molecule has 1 aliphatic rings. The second-order valence-corrected chi connectivity index (χ2v) is 4.24. The largest absolute Gasteiger partial charge is 0.478 e. The molecule has 0 aliphatic heterocycles. The Hall–Kier alpha value is -1.91. The molecular weight excluding hydrogens is 220 g/mol. The molecule has 0 aromatic carbocycles. The summed E-state index contributed by atoms with van der Waals surface area (Å²) < 4.78 is 0. The maximum absolute atomic E-state index is 11.8. The van der Waals surface area contributed by atoms with Crippen LogP contribution in [0.25, 0.3) is 0 Å². The van der Waals surface area contributed by atoms with Crippen LogP contribution in [0.1, 0.15) is 36.0 Å². The van der Waals surface area contributed by atoms with Crippen LogP contribution in [0.5, 0.6) is 0 Å². The number of pyridine rings is 1. The van der Waals surface area contributed by atoms with Crippen LogP contribution in [0.4, 0.5) is 5.69 Å². The zero-order chi connectivity index (χ0) is 12.3. The van der Waals surface area contributed by atoms with Crippen molar-refractivity contribution in [3.05, 3.63) is 24.0 Å². The third-order valence-electron chi connectivity index (χ3n) is 2.98. The number of hydrogen-bond donors (Lipinski definition) is 2. The summed E-state index contributed by atoms with van der Waals surface area (Å²) in [6.07, 6.45) is 6.72. The van der Waals surface area contributed by atoms with Gasteiger partial charge < -0.3 is 10.4 Å². The van der Waals surface area contributed by atoms with Crippen molar-refractivity contribution < 1.29 is 14.7 Å². The van der Waals surface area contributed by atoms with Gasteiger partial charge in [0.15, 0.2) is 0 Å². The number of aromatic nitrogens is 1. The Morgan fingerprint density at radius 2 is 2.00 bits per heavy atom. The van der Waals surface area contributed by atoms with Gasteiger partial charge >= 0.3 is 5.97 Å². The lowest BCUT2D eigenvalue weighted by atomic mass is 10.1. The Labute approximate surface area is 98.9 Å². The van der Waals surface area contributed by atoms with Crippen LogP contribution in [0.15, 0.2) is 18.5 Å². The summed E-state index contributed by atoms with van der Waals surface area (Å²) in [4.78, 5) is 26.3. The van der Waals surface area contributed by atoms with E-state index in [1.165, 1.54) is 18.5 Å². The predicted octanol–water partition coefficient (Wildman–Crippen LogP) is 1.91. The molecule has 1 fully saturated rings. The number of carboxylic acids is 1. The molecule has 1 saturated carbocycles. The molecule has 2 N–H and O–H groups in total. The van der Waals surface area contributed by atoms with Gasteiger partial charge in [-0.3, -0.25) is 9.78 Å². The van der Waals surface area contributed by atoms with Gasteiger partial charge in [-0.2, -0.15) is 0 Å². The Kier molecular flexibility index (Phi) is 3.37. The lowest BCUT2D eigenvalue weighted by molar-refractivity contribution is -0.119. The Bertz CT molecular complexity index is 439. The standard InChI is InChI=1S/C12H14N2O3/c15-11(8-3-1-2-4-8)14-10-5-9(12(16)17)6-13-7-10/h5-8H,1-4H2,(H,14,15)(H,16,17). The highest BCUT2D eigenvalue weighted by Gasteiger charge is 2.22. The van der Waals surface area contributed by atoms with Crippen LogP contribution in [0, 0.1) is 5.92 Å². The lowest BCUT2D eigenvalue weighted by Crippen LogP contribution is -2.20. The molecule has 90 valence electrons. The van der Waals surface area contributed by atoms with Crippen molar-refractivity contribution in [3.8, 4) is 0 Å². The molecule has 17 heavy (non-hydrogen) atoms. The first-order chi connectivity index (χ1) is 8.16. The van der Waals surface area contributed by atoms with E-state index >= 15 is 0 Å². The van der Waals surface area contributed by atoms with Gasteiger partial charge in [0, 0.05) is 12.1 Å². The highest BCUT2D eigenvalue weighted by atomic mass is 16.4. The molecule has 5 nitrogen and oxygen atoms in total. The molecule has 0 unspecified atom stereocenters. The zero-order valence-electron chi connectivity index (χ0n) is 9.35. The summed E-state index contributed by atoms with van der Waals surface area (Å²) in [5, 5.41) is 11.5. The molecule has 0 atom stereocenters. The fourth-order valence-electron chi connectivity index (χ4n) is 2.06. The molecule has 2 rings (SSSR count). The first-order valence-corrected chi connectivity index (χ1v) is 5.66. The second kappa shape index (κ2) is 4.95. The SMILES string of the molecule is O=C(O)c1cncc(NC(=O)C2CCCC2)c1. The molecule has 1 aromatic rings. The lowest BCUT2D eigenvalue weighted by Gasteiger charge is -2.10. The smallest absolute Gasteiger partial charge is 0.337 e. The average molecular weight is 234 g/mol. The number of aromatic carboxylic acids is 1. The molecule has 0 radical (unpaired) electrons. The van der Waals surface area contributed by atoms with E-state index in [-0.39, 0.29) is 17.4 Å². The van der Waals surface area contributed by atoms with E-state index < -0.39 is 5.97 Å². The first-order valence-electron chi connectivity index (χ1n) is 5.66. The van der Waals surface area contributed by atoms with Crippen molar-refractivity contribution in [2.24, 2.45) is 5.92 Å². The van der Waals surface area contributed by atoms with Crippen molar-refractivity contribution in [2.45, 2.75) is 25.7 Å². The minimum Gasteiger partial charge on any atom is -0.478 e. The van der Waals surface area contributed by atoms with Crippen LogP contribution < -0.4 is 5.32 Å². The van der Waals surface area contributed by atoms with Gasteiger partial charge in [0.2, 0.25) is 5.91 Å². The van der Waals surface area contributed by atoms with Crippen LogP contribution in [-0.2, 0) is 4.79 Å². The molecule has 1 aromatic heterocycles. The maximum atomic E-state index is 11.8. The fraction of sp³-hybridized carbons (Fsp3) is 0.417. The number of anilines is 1. The number of carboxylic acid groups (broad SMARTS) is 1. The van der Waals surface area contributed by atoms with E-state index in [0.29, 0.717) is 5.69 Å². The van der Waals surface area contributed by atoms with Gasteiger partial charge in [0.25, 0.3) is 0 Å². The van der Waals surface area contributed by atoms with Crippen molar-refractivity contribution >= 4 is 17.6 Å². The van der Waals surface area contributed by atoms with Crippen molar-refractivity contribution in [1.29, 1.82) is 0 Å². The topological polar surface area (TPSA) is 79.3 Å². The van der Waals surface area contributed by atoms with E-state index in [1.54, 1.807) is 0 Å². The normalized spacial score (nSPS) is 15.8. The number of hydrogen-bond acceptors (Lipinski definition) is 3. The van der Waals surface area contributed by atoms with Crippen LogP contribution >= 0.6 is 0 Å². The predicted molar refractivity (Wildman–Crippen MR) is 61.8 cm³/mol. The molecule has 1 heterocycles. The van der Waals surface area contributed by atoms with Crippen molar-refractivity contribution in [2.75, 3.05) is 5.32 Å². The number of rotatable bonds is 3. The van der Waals surface area contributed by atoms with E-state index in [1.807, 2.05) is 0 Å². The van der Waals surface area contributed by atoms with Crippen molar-refractivity contribution in [3.63, 3.8) is 0 Å². The van der Waals surface area contributed by atoms with Gasteiger partial charge in [-0.25, -0.2) is 4.79 Å². The highest BCUT2D eigenvalue weighted by Crippen LogP contribution is 2.25.